The molecule has 4 nitrogen and oxygen atoms in total. The third-order valence-electron chi connectivity index (χ3n) is 5.59. The Balaban J connectivity index is 1.69. The smallest absolute Gasteiger partial charge is 0.258 e. The fourth-order valence-electron chi connectivity index (χ4n) is 4.07. The van der Waals surface area contributed by atoms with E-state index in [1.165, 1.54) is 0 Å². The zero-order valence-corrected chi connectivity index (χ0v) is 16.8. The molecule has 148 valence electrons. The number of amides is 1. The van der Waals surface area contributed by atoms with E-state index in [1.807, 2.05) is 59.5 Å². The SMILES string of the molecule is CC[C@@H]1C[C@@H](Nc2ccccc2)c2ccccc2N1C(=O)c1ccc(OC)cc1. The van der Waals surface area contributed by atoms with Crippen molar-refractivity contribution in [3.05, 3.63) is 90.0 Å². The maximum absolute atomic E-state index is 13.5. The molecule has 0 radical (unpaired) electrons. The van der Waals surface area contributed by atoms with Crippen LogP contribution < -0.4 is 15.0 Å². The molecular formula is C25H26N2O2. The number of nitrogens with one attached hydrogen (secondary N) is 1. The minimum Gasteiger partial charge on any atom is -0.497 e. The van der Waals surface area contributed by atoms with E-state index in [4.69, 9.17) is 4.74 Å². The van der Waals surface area contributed by atoms with Crippen LogP contribution in [0.2, 0.25) is 0 Å². The second-order valence-electron chi connectivity index (χ2n) is 7.32. The van der Waals surface area contributed by atoms with E-state index in [9.17, 15) is 4.79 Å². The van der Waals surface area contributed by atoms with Crippen molar-refractivity contribution in [3.63, 3.8) is 0 Å². The second kappa shape index (κ2) is 8.39. The lowest BCUT2D eigenvalue weighted by molar-refractivity contribution is 0.0971. The summed E-state index contributed by atoms with van der Waals surface area (Å²) in [6.07, 6.45) is 1.76. The van der Waals surface area contributed by atoms with Gasteiger partial charge in [-0.15, -0.1) is 0 Å². The molecular weight excluding hydrogens is 360 g/mol. The van der Waals surface area contributed by atoms with Crippen LogP contribution in [0.5, 0.6) is 5.75 Å². The quantitative estimate of drug-likeness (QED) is 0.613. The zero-order valence-electron chi connectivity index (χ0n) is 16.8. The summed E-state index contributed by atoms with van der Waals surface area (Å²) in [6.45, 7) is 2.15. The number of hydrogen-bond donors (Lipinski definition) is 1. The Morgan fingerprint density at radius 1 is 1.00 bits per heavy atom. The number of rotatable bonds is 5. The topological polar surface area (TPSA) is 41.6 Å². The lowest BCUT2D eigenvalue weighted by Gasteiger charge is -2.41. The van der Waals surface area contributed by atoms with Gasteiger partial charge in [-0.2, -0.15) is 0 Å². The molecule has 0 bridgehead atoms. The summed E-state index contributed by atoms with van der Waals surface area (Å²) in [5, 5.41) is 3.66. The van der Waals surface area contributed by atoms with E-state index < -0.39 is 0 Å². The van der Waals surface area contributed by atoms with Crippen molar-refractivity contribution in [2.24, 2.45) is 0 Å². The van der Waals surface area contributed by atoms with Crippen LogP contribution in [-0.4, -0.2) is 19.1 Å². The van der Waals surface area contributed by atoms with Gasteiger partial charge in [0, 0.05) is 23.0 Å². The van der Waals surface area contributed by atoms with Gasteiger partial charge in [-0.05, 0) is 60.9 Å². The predicted octanol–water partition coefficient (Wildman–Crippen LogP) is 5.68. The molecule has 4 heteroatoms. The third kappa shape index (κ3) is 3.83. The number of methoxy groups -OCH3 is 1. The normalized spacial score (nSPS) is 18.1. The summed E-state index contributed by atoms with van der Waals surface area (Å²) in [6, 6.07) is 26.1. The molecule has 2 atom stereocenters. The van der Waals surface area contributed by atoms with Crippen LogP contribution in [0.25, 0.3) is 0 Å². The molecule has 3 aromatic carbocycles. The van der Waals surface area contributed by atoms with Crippen LogP contribution in [0.3, 0.4) is 0 Å². The van der Waals surface area contributed by atoms with Gasteiger partial charge in [0.05, 0.1) is 13.2 Å². The predicted molar refractivity (Wildman–Crippen MR) is 118 cm³/mol. The minimum absolute atomic E-state index is 0.0325. The highest BCUT2D eigenvalue weighted by Crippen LogP contribution is 2.40. The Kier molecular flexibility index (Phi) is 5.52. The lowest BCUT2D eigenvalue weighted by Crippen LogP contribution is -2.45. The van der Waals surface area contributed by atoms with Crippen LogP contribution in [0.15, 0.2) is 78.9 Å². The first-order valence-corrected chi connectivity index (χ1v) is 10.1. The number of anilines is 2. The van der Waals surface area contributed by atoms with E-state index in [0.29, 0.717) is 5.56 Å². The Morgan fingerprint density at radius 2 is 1.69 bits per heavy atom. The summed E-state index contributed by atoms with van der Waals surface area (Å²) in [5.41, 5.74) is 3.91. The van der Waals surface area contributed by atoms with Crippen LogP contribution in [0, 0.1) is 0 Å². The van der Waals surface area contributed by atoms with Gasteiger partial charge in [-0.1, -0.05) is 43.3 Å². The summed E-state index contributed by atoms with van der Waals surface area (Å²) in [5.74, 6) is 0.782. The van der Waals surface area contributed by atoms with Crippen molar-refractivity contribution in [2.75, 3.05) is 17.3 Å². The molecule has 3 aromatic rings. The Hall–Kier alpha value is -3.27. The first-order valence-electron chi connectivity index (χ1n) is 10.1. The number of carbonyl (C=O) groups is 1. The standard InChI is InChI=1S/C25H26N2O2/c1-3-20-17-23(26-19-9-5-4-6-10-19)22-11-7-8-12-24(22)27(20)25(28)18-13-15-21(29-2)16-14-18/h4-16,20,23,26H,3,17H2,1-2H3/t20-,23-/m1/s1. The molecule has 1 heterocycles. The van der Waals surface area contributed by atoms with Crippen molar-refractivity contribution in [1.82, 2.24) is 0 Å². The van der Waals surface area contributed by atoms with Gasteiger partial charge in [0.25, 0.3) is 5.91 Å². The summed E-state index contributed by atoms with van der Waals surface area (Å²) in [7, 11) is 1.63. The monoisotopic (exact) mass is 386 g/mol. The van der Waals surface area contributed by atoms with Gasteiger partial charge in [-0.3, -0.25) is 4.79 Å². The molecule has 0 saturated heterocycles. The average molecular weight is 386 g/mol. The van der Waals surface area contributed by atoms with Crippen molar-refractivity contribution < 1.29 is 9.53 Å². The number of benzene rings is 3. The fourth-order valence-corrected chi connectivity index (χ4v) is 4.07. The van der Waals surface area contributed by atoms with Gasteiger partial charge in [0.2, 0.25) is 0 Å². The molecule has 0 aromatic heterocycles. The Morgan fingerprint density at radius 3 is 2.38 bits per heavy atom. The molecule has 1 aliphatic heterocycles. The van der Waals surface area contributed by atoms with E-state index in [0.717, 1.165) is 35.5 Å². The van der Waals surface area contributed by atoms with Gasteiger partial charge in [0.15, 0.2) is 0 Å². The largest absolute Gasteiger partial charge is 0.497 e. The van der Waals surface area contributed by atoms with Crippen molar-refractivity contribution >= 4 is 17.3 Å². The number of para-hydroxylation sites is 2. The minimum atomic E-state index is 0.0325. The van der Waals surface area contributed by atoms with Gasteiger partial charge < -0.3 is 15.0 Å². The molecule has 1 aliphatic rings. The van der Waals surface area contributed by atoms with Crippen LogP contribution in [0.1, 0.15) is 41.7 Å². The molecule has 0 aliphatic carbocycles. The van der Waals surface area contributed by atoms with Crippen molar-refractivity contribution in [2.45, 2.75) is 31.8 Å². The average Bonchev–Trinajstić information content (AvgIpc) is 2.79. The van der Waals surface area contributed by atoms with Crippen molar-refractivity contribution in [1.29, 1.82) is 0 Å². The van der Waals surface area contributed by atoms with Gasteiger partial charge in [-0.25, -0.2) is 0 Å². The Bertz CT molecular complexity index is 970. The molecule has 0 unspecified atom stereocenters. The first-order chi connectivity index (χ1) is 14.2. The van der Waals surface area contributed by atoms with Crippen LogP contribution >= 0.6 is 0 Å². The molecule has 4 rings (SSSR count). The second-order valence-corrected chi connectivity index (χ2v) is 7.32. The van der Waals surface area contributed by atoms with E-state index in [2.05, 4.69) is 36.5 Å². The molecule has 29 heavy (non-hydrogen) atoms. The number of fused-ring (bicyclic) bond motifs is 1. The number of carbonyl (C=O) groups excluding carboxylic acids is 1. The van der Waals surface area contributed by atoms with Gasteiger partial charge >= 0.3 is 0 Å². The van der Waals surface area contributed by atoms with E-state index in [-0.39, 0.29) is 18.0 Å². The summed E-state index contributed by atoms with van der Waals surface area (Å²) in [4.78, 5) is 15.4. The van der Waals surface area contributed by atoms with Gasteiger partial charge in [0.1, 0.15) is 5.75 Å². The number of hydrogen-bond acceptors (Lipinski definition) is 3. The van der Waals surface area contributed by atoms with Crippen LogP contribution in [0.4, 0.5) is 11.4 Å². The summed E-state index contributed by atoms with van der Waals surface area (Å²) < 4.78 is 5.23. The maximum Gasteiger partial charge on any atom is 0.258 e. The first kappa shape index (κ1) is 19.1. The van der Waals surface area contributed by atoms with E-state index in [1.54, 1.807) is 7.11 Å². The zero-order chi connectivity index (χ0) is 20.2. The molecule has 0 spiro atoms. The van der Waals surface area contributed by atoms with Crippen molar-refractivity contribution in [3.8, 4) is 5.75 Å². The lowest BCUT2D eigenvalue weighted by atomic mass is 9.89. The third-order valence-corrected chi connectivity index (χ3v) is 5.59. The molecule has 1 amide bonds. The highest BCUT2D eigenvalue weighted by molar-refractivity contribution is 6.07. The summed E-state index contributed by atoms with van der Waals surface area (Å²) >= 11 is 0. The number of nitrogens with zero attached hydrogens (tertiary/aromatic N) is 1. The molecule has 0 fully saturated rings. The van der Waals surface area contributed by atoms with E-state index >= 15 is 0 Å². The van der Waals surface area contributed by atoms with Crippen LogP contribution in [-0.2, 0) is 0 Å². The highest BCUT2D eigenvalue weighted by Gasteiger charge is 2.35. The highest BCUT2D eigenvalue weighted by atomic mass is 16.5. The maximum atomic E-state index is 13.5. The Labute approximate surface area is 172 Å². The molecule has 1 N–H and O–H groups in total. The number of ether oxygens (including phenoxy) is 1. The molecule has 0 saturated carbocycles. The fraction of sp³-hybridized carbons (Fsp3) is 0.240.